The summed E-state index contributed by atoms with van der Waals surface area (Å²) < 4.78 is 2.71. The van der Waals surface area contributed by atoms with Crippen molar-refractivity contribution >= 4 is 22.4 Å². The summed E-state index contributed by atoms with van der Waals surface area (Å²) in [6.45, 7) is 15.3. The van der Waals surface area contributed by atoms with E-state index in [1.54, 1.807) is 0 Å². The monoisotopic (exact) mass is 261 g/mol. The number of carbonyl (C=O) groups is 1. The lowest BCUT2D eigenvalue weighted by atomic mass is 10.2. The summed E-state index contributed by atoms with van der Waals surface area (Å²) in [5.41, 5.74) is 0. The van der Waals surface area contributed by atoms with Crippen LogP contribution in [0.3, 0.4) is 0 Å². The van der Waals surface area contributed by atoms with Gasteiger partial charge in [0.2, 0.25) is 0 Å². The fourth-order valence-corrected chi connectivity index (χ4v) is 11.9. The van der Waals surface area contributed by atoms with Crippen molar-refractivity contribution < 1.29 is 9.90 Å². The van der Waals surface area contributed by atoms with Crippen LogP contribution in [-0.4, -0.2) is 38.3 Å². The molecule has 0 aromatic rings. The second-order valence-electron chi connectivity index (χ2n) is 6.34. The Morgan fingerprint density at radius 2 is 1.44 bits per heavy atom. The molecule has 0 saturated carbocycles. The topological polar surface area (TPSA) is 40.5 Å². The number of carboxylic acid groups (broad SMARTS) is 1. The minimum atomic E-state index is -1.25. The molecule has 0 aromatic carbocycles. The lowest BCUT2D eigenvalue weighted by Crippen LogP contribution is -2.59. The predicted molar refractivity (Wildman–Crippen MR) is 74.9 cm³/mol. The minimum absolute atomic E-state index is 0.311. The summed E-state index contributed by atoms with van der Waals surface area (Å²) in [5.74, 6) is -0.674. The van der Waals surface area contributed by atoms with Crippen molar-refractivity contribution in [3.05, 3.63) is 0 Å². The van der Waals surface area contributed by atoms with Crippen molar-refractivity contribution in [2.75, 3.05) is 6.54 Å². The normalized spacial score (nSPS) is 13.2. The van der Waals surface area contributed by atoms with Crippen LogP contribution in [0.25, 0.3) is 0 Å². The SMILES string of the molecule is C[Si](C)(C)N(CCCCC(=O)O)[Si](C)(C)C. The Bertz CT molecular complexity index is 217. The number of nitrogens with zero attached hydrogens (tertiary/aromatic N) is 1. The third kappa shape index (κ3) is 6.45. The van der Waals surface area contributed by atoms with Gasteiger partial charge in [0.25, 0.3) is 0 Å². The van der Waals surface area contributed by atoms with Gasteiger partial charge in [-0.15, -0.1) is 0 Å². The first-order chi connectivity index (χ1) is 7.05. The van der Waals surface area contributed by atoms with Crippen LogP contribution in [0.5, 0.6) is 0 Å². The number of hydrogen-bond acceptors (Lipinski definition) is 2. The van der Waals surface area contributed by atoms with E-state index in [9.17, 15) is 4.79 Å². The van der Waals surface area contributed by atoms with E-state index in [1.807, 2.05) is 0 Å². The molecule has 0 spiro atoms. The second kappa shape index (κ2) is 5.98. The number of rotatable bonds is 7. The number of hydrogen-bond donors (Lipinski definition) is 1. The summed E-state index contributed by atoms with van der Waals surface area (Å²) in [4.78, 5) is 10.4. The summed E-state index contributed by atoms with van der Waals surface area (Å²) in [5, 5.41) is 8.60. The van der Waals surface area contributed by atoms with Crippen molar-refractivity contribution in [1.29, 1.82) is 0 Å². The van der Waals surface area contributed by atoms with Crippen molar-refractivity contribution in [2.24, 2.45) is 0 Å². The molecule has 3 nitrogen and oxygen atoms in total. The zero-order valence-electron chi connectivity index (χ0n) is 11.6. The highest BCUT2D eigenvalue weighted by Gasteiger charge is 2.33. The van der Waals surface area contributed by atoms with Gasteiger partial charge in [0.15, 0.2) is 0 Å². The first-order valence-electron chi connectivity index (χ1n) is 6.04. The quantitative estimate of drug-likeness (QED) is 0.565. The highest BCUT2D eigenvalue weighted by atomic mass is 28.4. The van der Waals surface area contributed by atoms with Gasteiger partial charge < -0.3 is 9.34 Å². The van der Waals surface area contributed by atoms with Crippen LogP contribution in [0.2, 0.25) is 39.3 Å². The lowest BCUT2D eigenvalue weighted by Gasteiger charge is -2.43. The summed E-state index contributed by atoms with van der Waals surface area (Å²) in [6.07, 6.45) is 2.13. The van der Waals surface area contributed by atoms with Crippen LogP contribution in [0, 0.1) is 0 Å². The van der Waals surface area contributed by atoms with E-state index in [0.717, 1.165) is 19.4 Å². The third-order valence-corrected chi connectivity index (χ3v) is 10.4. The minimum Gasteiger partial charge on any atom is -0.481 e. The predicted octanol–water partition coefficient (Wildman–Crippen LogP) is 3.21. The summed E-state index contributed by atoms with van der Waals surface area (Å²) >= 11 is 0. The average Bonchev–Trinajstić information content (AvgIpc) is 1.97. The Kier molecular flexibility index (Phi) is 5.93. The van der Waals surface area contributed by atoms with E-state index in [0.29, 0.717) is 6.42 Å². The molecule has 96 valence electrons. The summed E-state index contributed by atoms with van der Waals surface area (Å²) in [7, 11) is -2.50. The maximum absolute atomic E-state index is 10.4. The van der Waals surface area contributed by atoms with Gasteiger partial charge in [-0.05, 0) is 19.4 Å². The Morgan fingerprint density at radius 3 is 1.75 bits per heavy atom. The number of unbranched alkanes of at least 4 members (excludes halogenated alkanes) is 1. The van der Waals surface area contributed by atoms with Crippen molar-refractivity contribution in [1.82, 2.24) is 4.23 Å². The van der Waals surface area contributed by atoms with Gasteiger partial charge >= 0.3 is 5.97 Å². The molecule has 0 heterocycles. The first-order valence-corrected chi connectivity index (χ1v) is 12.9. The van der Waals surface area contributed by atoms with Gasteiger partial charge in [0, 0.05) is 6.42 Å². The van der Waals surface area contributed by atoms with Crippen molar-refractivity contribution in [3.63, 3.8) is 0 Å². The Hall–Kier alpha value is -0.136. The maximum atomic E-state index is 10.4. The lowest BCUT2D eigenvalue weighted by molar-refractivity contribution is -0.137. The molecule has 0 aliphatic carbocycles. The van der Waals surface area contributed by atoms with E-state index in [2.05, 4.69) is 43.5 Å². The highest BCUT2D eigenvalue weighted by molar-refractivity contribution is 6.89. The molecular weight excluding hydrogens is 234 g/mol. The Morgan fingerprint density at radius 1 is 1.00 bits per heavy atom. The zero-order valence-corrected chi connectivity index (χ0v) is 13.6. The van der Waals surface area contributed by atoms with Crippen LogP contribution in [-0.2, 0) is 4.79 Å². The molecular formula is C11H27NO2Si2. The van der Waals surface area contributed by atoms with E-state index >= 15 is 0 Å². The van der Waals surface area contributed by atoms with Gasteiger partial charge in [-0.2, -0.15) is 0 Å². The molecule has 0 saturated heterocycles. The number of aliphatic carboxylic acids is 1. The molecule has 0 fully saturated rings. The molecule has 0 bridgehead atoms. The standard InChI is InChI=1S/C11H27NO2Si2/c1-15(2,3)12(16(4,5)6)10-8-7-9-11(13)14/h7-10H2,1-6H3,(H,13,14). The highest BCUT2D eigenvalue weighted by Crippen LogP contribution is 2.20. The molecule has 16 heavy (non-hydrogen) atoms. The van der Waals surface area contributed by atoms with E-state index in [1.165, 1.54) is 0 Å². The number of carboxylic acids is 1. The van der Waals surface area contributed by atoms with Crippen LogP contribution in [0.1, 0.15) is 19.3 Å². The van der Waals surface area contributed by atoms with Gasteiger partial charge in [0.05, 0.1) is 0 Å². The summed E-state index contributed by atoms with van der Waals surface area (Å²) in [6, 6.07) is 0. The maximum Gasteiger partial charge on any atom is 0.303 e. The Labute approximate surface area is 102 Å². The molecule has 5 heteroatoms. The van der Waals surface area contributed by atoms with Gasteiger partial charge in [0.1, 0.15) is 16.5 Å². The van der Waals surface area contributed by atoms with Gasteiger partial charge in [-0.25, -0.2) is 0 Å². The molecule has 0 amide bonds. The largest absolute Gasteiger partial charge is 0.481 e. The molecule has 0 rings (SSSR count). The van der Waals surface area contributed by atoms with Gasteiger partial charge in [-0.1, -0.05) is 39.3 Å². The smallest absolute Gasteiger partial charge is 0.303 e. The van der Waals surface area contributed by atoms with Crippen LogP contribution >= 0.6 is 0 Å². The van der Waals surface area contributed by atoms with E-state index < -0.39 is 22.4 Å². The fourth-order valence-electron chi connectivity index (χ4n) is 2.22. The molecule has 1 N–H and O–H groups in total. The molecule has 0 unspecified atom stereocenters. The third-order valence-electron chi connectivity index (χ3n) is 2.64. The van der Waals surface area contributed by atoms with Crippen LogP contribution in [0.15, 0.2) is 0 Å². The fraction of sp³-hybridized carbons (Fsp3) is 0.909. The molecule has 0 aliphatic heterocycles. The molecule has 0 atom stereocenters. The zero-order chi connectivity index (χ0) is 13.0. The van der Waals surface area contributed by atoms with Crippen LogP contribution in [0.4, 0.5) is 0 Å². The van der Waals surface area contributed by atoms with Gasteiger partial charge in [-0.3, -0.25) is 4.79 Å². The molecule has 0 aliphatic rings. The van der Waals surface area contributed by atoms with Crippen LogP contribution < -0.4 is 0 Å². The van der Waals surface area contributed by atoms with E-state index in [-0.39, 0.29) is 0 Å². The van der Waals surface area contributed by atoms with Crippen molar-refractivity contribution in [3.8, 4) is 0 Å². The molecule has 0 aromatic heterocycles. The van der Waals surface area contributed by atoms with E-state index in [4.69, 9.17) is 5.11 Å². The Balaban J connectivity index is 4.21. The van der Waals surface area contributed by atoms with Crippen molar-refractivity contribution in [2.45, 2.75) is 58.5 Å². The molecule has 0 radical (unpaired) electrons. The second-order valence-corrected chi connectivity index (χ2v) is 16.6. The average molecular weight is 262 g/mol. The first kappa shape index (κ1) is 15.9.